The summed E-state index contributed by atoms with van der Waals surface area (Å²) in [6.45, 7) is 1.40. The Morgan fingerprint density at radius 1 is 1.16 bits per heavy atom. The number of anilines is 1. The number of amides is 2. The normalized spacial score (nSPS) is 14.0. The zero-order valence-electron chi connectivity index (χ0n) is 17.7. The van der Waals surface area contributed by atoms with Crippen molar-refractivity contribution >= 4 is 28.6 Å². The van der Waals surface area contributed by atoms with Gasteiger partial charge in [0.1, 0.15) is 5.82 Å². The first-order chi connectivity index (χ1) is 15.0. The third kappa shape index (κ3) is 4.10. The van der Waals surface area contributed by atoms with Gasteiger partial charge in [-0.25, -0.2) is 14.0 Å². The predicted octanol–water partition coefficient (Wildman–Crippen LogP) is 4.11. The van der Waals surface area contributed by atoms with Crippen LogP contribution in [0, 0.1) is 5.82 Å². The van der Waals surface area contributed by atoms with Gasteiger partial charge in [0.05, 0.1) is 36.6 Å². The molecule has 0 saturated carbocycles. The molecule has 0 atom stereocenters. The topological polar surface area (TPSA) is 67.7 Å². The molecule has 3 aromatic rings. The van der Waals surface area contributed by atoms with E-state index in [0.717, 1.165) is 36.2 Å². The molecule has 1 aromatic heterocycles. The molecular weight excluding hydrogens is 399 g/mol. The standard InChI is InChI=1S/C23H25FN4O3/c1-26-21-17(14-25-26)7-6-8-20(21)28(23(30)27-11-4-3-5-12-27)15-18-10-9-16(13-19(18)24)22(29)31-2/h6-10,13-14H,3-5,11-12,15H2,1-2H3. The summed E-state index contributed by atoms with van der Waals surface area (Å²) in [6, 6.07) is 9.68. The number of halogens is 1. The second kappa shape index (κ2) is 8.75. The Labute approximate surface area is 180 Å². The van der Waals surface area contributed by atoms with Gasteiger partial charge in [0, 0.05) is 31.1 Å². The van der Waals surface area contributed by atoms with Gasteiger partial charge in [-0.15, -0.1) is 0 Å². The zero-order chi connectivity index (χ0) is 22.0. The smallest absolute Gasteiger partial charge is 0.337 e. The molecule has 0 aliphatic carbocycles. The van der Waals surface area contributed by atoms with Crippen molar-refractivity contribution in [1.29, 1.82) is 0 Å². The fourth-order valence-corrected chi connectivity index (χ4v) is 4.03. The number of fused-ring (bicyclic) bond motifs is 1. The Morgan fingerprint density at radius 3 is 2.65 bits per heavy atom. The SMILES string of the molecule is COC(=O)c1ccc(CN(C(=O)N2CCCCC2)c2cccc3cnn(C)c23)c(F)c1. The van der Waals surface area contributed by atoms with E-state index in [-0.39, 0.29) is 18.1 Å². The van der Waals surface area contributed by atoms with Crippen LogP contribution in [-0.2, 0) is 18.3 Å². The first kappa shape index (κ1) is 20.8. The summed E-state index contributed by atoms with van der Waals surface area (Å²) in [5.41, 5.74) is 1.92. The molecule has 162 valence electrons. The Hall–Kier alpha value is -3.42. The summed E-state index contributed by atoms with van der Waals surface area (Å²) in [6.07, 6.45) is 4.76. The van der Waals surface area contributed by atoms with Crippen LogP contribution in [0.25, 0.3) is 10.9 Å². The number of carbonyl (C=O) groups is 2. The fraction of sp³-hybridized carbons (Fsp3) is 0.348. The predicted molar refractivity (Wildman–Crippen MR) is 115 cm³/mol. The minimum atomic E-state index is -0.605. The van der Waals surface area contributed by atoms with Crippen molar-refractivity contribution in [3.63, 3.8) is 0 Å². The lowest BCUT2D eigenvalue weighted by atomic mass is 10.1. The summed E-state index contributed by atoms with van der Waals surface area (Å²) >= 11 is 0. The number of piperidine rings is 1. The van der Waals surface area contributed by atoms with Crippen LogP contribution in [0.1, 0.15) is 35.2 Å². The minimum Gasteiger partial charge on any atom is -0.465 e. The zero-order valence-corrected chi connectivity index (χ0v) is 17.7. The Bertz CT molecular complexity index is 1120. The van der Waals surface area contributed by atoms with Crippen molar-refractivity contribution in [2.45, 2.75) is 25.8 Å². The van der Waals surface area contributed by atoms with Crippen molar-refractivity contribution in [2.24, 2.45) is 7.05 Å². The first-order valence-corrected chi connectivity index (χ1v) is 10.3. The molecule has 31 heavy (non-hydrogen) atoms. The average molecular weight is 424 g/mol. The van der Waals surface area contributed by atoms with Crippen LogP contribution in [0.5, 0.6) is 0 Å². The maximum atomic E-state index is 14.9. The van der Waals surface area contributed by atoms with Crippen molar-refractivity contribution in [3.05, 3.63) is 59.5 Å². The molecule has 4 rings (SSSR count). The summed E-state index contributed by atoms with van der Waals surface area (Å²) in [5.74, 6) is -1.16. The largest absolute Gasteiger partial charge is 0.465 e. The van der Waals surface area contributed by atoms with Gasteiger partial charge in [-0.2, -0.15) is 5.10 Å². The van der Waals surface area contributed by atoms with E-state index in [0.29, 0.717) is 24.3 Å². The molecule has 2 amide bonds. The molecule has 0 unspecified atom stereocenters. The lowest BCUT2D eigenvalue weighted by Gasteiger charge is -2.33. The molecule has 0 N–H and O–H groups in total. The van der Waals surface area contributed by atoms with Gasteiger partial charge in [-0.3, -0.25) is 9.58 Å². The van der Waals surface area contributed by atoms with E-state index in [4.69, 9.17) is 0 Å². The van der Waals surface area contributed by atoms with E-state index < -0.39 is 11.8 Å². The van der Waals surface area contributed by atoms with E-state index in [1.807, 2.05) is 30.1 Å². The molecule has 0 spiro atoms. The average Bonchev–Trinajstić information content (AvgIpc) is 3.19. The molecule has 1 aliphatic rings. The summed E-state index contributed by atoms with van der Waals surface area (Å²) in [4.78, 5) is 28.7. The monoisotopic (exact) mass is 424 g/mol. The van der Waals surface area contributed by atoms with Crippen LogP contribution < -0.4 is 4.90 Å². The number of aromatic nitrogens is 2. The first-order valence-electron chi connectivity index (χ1n) is 10.3. The van der Waals surface area contributed by atoms with E-state index in [9.17, 15) is 14.0 Å². The molecule has 7 nitrogen and oxygen atoms in total. The molecule has 0 radical (unpaired) electrons. The highest BCUT2D eigenvalue weighted by Crippen LogP contribution is 2.30. The molecule has 1 fully saturated rings. The Balaban J connectivity index is 1.75. The van der Waals surface area contributed by atoms with Crippen LogP contribution in [0.15, 0.2) is 42.6 Å². The molecule has 1 aliphatic heterocycles. The number of aryl methyl sites for hydroxylation is 1. The maximum Gasteiger partial charge on any atom is 0.337 e. The number of nitrogens with zero attached hydrogens (tertiary/aromatic N) is 4. The molecule has 2 aromatic carbocycles. The molecule has 0 bridgehead atoms. The number of hydrogen-bond acceptors (Lipinski definition) is 4. The van der Waals surface area contributed by atoms with Gasteiger partial charge in [-0.1, -0.05) is 18.2 Å². The summed E-state index contributed by atoms with van der Waals surface area (Å²) in [7, 11) is 3.07. The fourth-order valence-electron chi connectivity index (χ4n) is 4.03. The molecular formula is C23H25FN4O3. The number of para-hydroxylation sites is 1. The summed E-state index contributed by atoms with van der Waals surface area (Å²) in [5, 5.41) is 5.22. The van der Waals surface area contributed by atoms with E-state index in [1.165, 1.54) is 19.2 Å². The number of carbonyl (C=O) groups excluding carboxylic acids is 2. The number of rotatable bonds is 4. The van der Waals surface area contributed by atoms with Crippen molar-refractivity contribution in [3.8, 4) is 0 Å². The van der Waals surface area contributed by atoms with Crippen LogP contribution >= 0.6 is 0 Å². The second-order valence-electron chi connectivity index (χ2n) is 7.70. The van der Waals surface area contributed by atoms with Crippen LogP contribution in [-0.4, -0.2) is 46.9 Å². The number of likely N-dealkylation sites (tertiary alicyclic amines) is 1. The number of urea groups is 1. The van der Waals surface area contributed by atoms with Gasteiger partial charge < -0.3 is 9.64 Å². The maximum absolute atomic E-state index is 14.9. The van der Waals surface area contributed by atoms with Gasteiger partial charge in [0.15, 0.2) is 0 Å². The minimum absolute atomic E-state index is 0.0346. The van der Waals surface area contributed by atoms with Crippen molar-refractivity contribution < 1.29 is 18.7 Å². The Kier molecular flexibility index (Phi) is 5.88. The van der Waals surface area contributed by atoms with Gasteiger partial charge in [0.25, 0.3) is 0 Å². The number of methoxy groups -OCH3 is 1. The highest BCUT2D eigenvalue weighted by atomic mass is 19.1. The molecule has 1 saturated heterocycles. The highest BCUT2D eigenvalue weighted by Gasteiger charge is 2.27. The third-order valence-electron chi connectivity index (χ3n) is 5.69. The van der Waals surface area contributed by atoms with Crippen LogP contribution in [0.4, 0.5) is 14.9 Å². The number of benzene rings is 2. The van der Waals surface area contributed by atoms with Crippen molar-refractivity contribution in [1.82, 2.24) is 14.7 Å². The number of ether oxygens (including phenoxy) is 1. The molecule has 2 heterocycles. The second-order valence-corrected chi connectivity index (χ2v) is 7.70. The van der Waals surface area contributed by atoms with Gasteiger partial charge in [-0.05, 0) is 37.5 Å². The van der Waals surface area contributed by atoms with E-state index >= 15 is 0 Å². The van der Waals surface area contributed by atoms with E-state index in [2.05, 4.69) is 9.84 Å². The Morgan fingerprint density at radius 2 is 1.94 bits per heavy atom. The van der Waals surface area contributed by atoms with Gasteiger partial charge in [0.2, 0.25) is 0 Å². The lowest BCUT2D eigenvalue weighted by Crippen LogP contribution is -2.45. The lowest BCUT2D eigenvalue weighted by molar-refractivity contribution is 0.0600. The summed E-state index contributed by atoms with van der Waals surface area (Å²) < 4.78 is 21.3. The molecule has 8 heteroatoms. The van der Waals surface area contributed by atoms with E-state index in [1.54, 1.807) is 15.8 Å². The third-order valence-corrected chi connectivity index (χ3v) is 5.69. The highest BCUT2D eigenvalue weighted by molar-refractivity contribution is 6.01. The van der Waals surface area contributed by atoms with Crippen molar-refractivity contribution in [2.75, 3.05) is 25.1 Å². The quantitative estimate of drug-likeness (QED) is 0.591. The van der Waals surface area contributed by atoms with Gasteiger partial charge >= 0.3 is 12.0 Å². The number of esters is 1. The number of hydrogen-bond donors (Lipinski definition) is 0. The van der Waals surface area contributed by atoms with Crippen LogP contribution in [0.3, 0.4) is 0 Å². The van der Waals surface area contributed by atoms with Crippen LogP contribution in [0.2, 0.25) is 0 Å².